The number of fused-ring (bicyclic) bond motifs is 1. The number of para-hydroxylation sites is 2. The first-order valence-electron chi connectivity index (χ1n) is 8.62. The van der Waals surface area contributed by atoms with Crippen molar-refractivity contribution in [3.63, 3.8) is 0 Å². The molecule has 2 unspecified atom stereocenters. The molecule has 0 spiro atoms. The molecule has 1 saturated heterocycles. The van der Waals surface area contributed by atoms with Gasteiger partial charge in [0.1, 0.15) is 0 Å². The van der Waals surface area contributed by atoms with Crippen LogP contribution in [0.25, 0.3) is 11.0 Å². The van der Waals surface area contributed by atoms with Crippen molar-refractivity contribution >= 4 is 11.0 Å². The van der Waals surface area contributed by atoms with Gasteiger partial charge < -0.3 is 10.6 Å². The minimum Gasteiger partial charge on any atom is -0.309 e. The lowest BCUT2D eigenvalue weighted by Crippen LogP contribution is -2.45. The summed E-state index contributed by atoms with van der Waals surface area (Å²) in [7, 11) is 0. The number of piperidine rings is 1. The van der Waals surface area contributed by atoms with Crippen molar-refractivity contribution < 1.29 is 0 Å². The quantitative estimate of drug-likeness (QED) is 0.775. The molecular formula is C20H22N4. The summed E-state index contributed by atoms with van der Waals surface area (Å²) in [6.07, 6.45) is 4.25. The van der Waals surface area contributed by atoms with E-state index in [1.54, 1.807) is 0 Å². The average Bonchev–Trinajstić information content (AvgIpc) is 2.67. The summed E-state index contributed by atoms with van der Waals surface area (Å²) >= 11 is 0. The molecule has 24 heavy (non-hydrogen) atoms. The minimum absolute atomic E-state index is 0.355. The fourth-order valence-corrected chi connectivity index (χ4v) is 3.44. The summed E-state index contributed by atoms with van der Waals surface area (Å²) in [6.45, 7) is 1.82. The Morgan fingerprint density at radius 3 is 2.67 bits per heavy atom. The Morgan fingerprint density at radius 1 is 1.00 bits per heavy atom. The molecule has 0 saturated carbocycles. The predicted octanol–water partition coefficient (Wildman–Crippen LogP) is 3.21. The van der Waals surface area contributed by atoms with Crippen LogP contribution in [0.1, 0.15) is 30.1 Å². The number of aromatic nitrogens is 2. The number of hydrogen-bond acceptors (Lipinski definition) is 4. The topological polar surface area (TPSA) is 49.8 Å². The highest BCUT2D eigenvalue weighted by molar-refractivity contribution is 5.73. The molecule has 2 aromatic carbocycles. The number of nitrogens with one attached hydrogen (secondary N) is 2. The van der Waals surface area contributed by atoms with Gasteiger partial charge in [0.25, 0.3) is 0 Å². The van der Waals surface area contributed by atoms with E-state index in [1.165, 1.54) is 18.4 Å². The van der Waals surface area contributed by atoms with Gasteiger partial charge in [0, 0.05) is 18.6 Å². The number of benzene rings is 2. The summed E-state index contributed by atoms with van der Waals surface area (Å²) in [5.41, 5.74) is 4.24. The molecule has 4 rings (SSSR count). The van der Waals surface area contributed by atoms with Crippen LogP contribution in [0.4, 0.5) is 0 Å². The molecule has 1 aromatic heterocycles. The van der Waals surface area contributed by atoms with Gasteiger partial charge >= 0.3 is 0 Å². The van der Waals surface area contributed by atoms with Crippen LogP contribution in [0.15, 0.2) is 60.8 Å². The lowest BCUT2D eigenvalue weighted by atomic mass is 9.92. The second-order valence-electron chi connectivity index (χ2n) is 6.32. The molecule has 1 aliphatic heterocycles. The Morgan fingerprint density at radius 2 is 1.79 bits per heavy atom. The zero-order valence-electron chi connectivity index (χ0n) is 13.7. The monoisotopic (exact) mass is 318 g/mol. The first-order chi connectivity index (χ1) is 11.9. The van der Waals surface area contributed by atoms with Crippen LogP contribution in [-0.2, 0) is 6.54 Å². The third-order valence-corrected chi connectivity index (χ3v) is 4.66. The molecule has 3 aromatic rings. The van der Waals surface area contributed by atoms with Gasteiger partial charge in [-0.15, -0.1) is 0 Å². The summed E-state index contributed by atoms with van der Waals surface area (Å²) < 4.78 is 0. The number of rotatable bonds is 4. The van der Waals surface area contributed by atoms with Gasteiger partial charge in [-0.2, -0.15) is 0 Å². The molecule has 2 N–H and O–H groups in total. The highest BCUT2D eigenvalue weighted by atomic mass is 15.0. The molecule has 0 aliphatic carbocycles. The zero-order valence-corrected chi connectivity index (χ0v) is 13.7. The van der Waals surface area contributed by atoms with Gasteiger partial charge in [0.05, 0.1) is 22.9 Å². The molecule has 0 bridgehead atoms. The van der Waals surface area contributed by atoms with Crippen molar-refractivity contribution in [1.29, 1.82) is 0 Å². The molecular weight excluding hydrogens is 296 g/mol. The summed E-state index contributed by atoms with van der Waals surface area (Å²) in [4.78, 5) is 9.22. The minimum atomic E-state index is 0.355. The Bertz CT molecular complexity index is 803. The van der Waals surface area contributed by atoms with Gasteiger partial charge in [-0.3, -0.25) is 4.98 Å². The number of hydrogen-bond donors (Lipinski definition) is 2. The smallest absolute Gasteiger partial charge is 0.0890 e. The standard InChI is InChI=1S/C20H22N4/c1-2-7-15(8-3-1)20-19(11-6-12-21-20)23-14-16-13-22-17-9-4-5-10-18(17)24-16/h1-5,7-10,13,19-21,23H,6,11-12,14H2. The molecule has 2 atom stereocenters. The van der Waals surface area contributed by atoms with Crippen LogP contribution >= 0.6 is 0 Å². The van der Waals surface area contributed by atoms with E-state index in [0.717, 1.165) is 29.8 Å². The summed E-state index contributed by atoms with van der Waals surface area (Å²) in [5.74, 6) is 0. The van der Waals surface area contributed by atoms with E-state index in [0.29, 0.717) is 12.1 Å². The van der Waals surface area contributed by atoms with Crippen molar-refractivity contribution in [3.8, 4) is 0 Å². The third-order valence-electron chi connectivity index (χ3n) is 4.66. The highest BCUT2D eigenvalue weighted by Crippen LogP contribution is 2.23. The average molecular weight is 318 g/mol. The van der Waals surface area contributed by atoms with E-state index in [2.05, 4.69) is 45.9 Å². The molecule has 122 valence electrons. The first-order valence-corrected chi connectivity index (χ1v) is 8.62. The Kier molecular flexibility index (Phi) is 4.49. The van der Waals surface area contributed by atoms with Gasteiger partial charge in [-0.1, -0.05) is 42.5 Å². The van der Waals surface area contributed by atoms with Gasteiger partial charge in [0.2, 0.25) is 0 Å². The van der Waals surface area contributed by atoms with Crippen molar-refractivity contribution in [2.45, 2.75) is 31.5 Å². The van der Waals surface area contributed by atoms with Crippen molar-refractivity contribution in [2.24, 2.45) is 0 Å². The van der Waals surface area contributed by atoms with Crippen LogP contribution in [-0.4, -0.2) is 22.6 Å². The fourth-order valence-electron chi connectivity index (χ4n) is 3.44. The van der Waals surface area contributed by atoms with Crippen LogP contribution < -0.4 is 10.6 Å². The normalized spacial score (nSPS) is 21.0. The van der Waals surface area contributed by atoms with Crippen LogP contribution in [0, 0.1) is 0 Å². The third kappa shape index (κ3) is 3.30. The second-order valence-corrected chi connectivity index (χ2v) is 6.32. The molecule has 2 heterocycles. The summed E-state index contributed by atoms with van der Waals surface area (Å²) in [5, 5.41) is 7.34. The van der Waals surface area contributed by atoms with Crippen LogP contribution in [0.2, 0.25) is 0 Å². The lowest BCUT2D eigenvalue weighted by Gasteiger charge is -2.33. The fraction of sp³-hybridized carbons (Fsp3) is 0.300. The van der Waals surface area contributed by atoms with E-state index in [-0.39, 0.29) is 0 Å². The van der Waals surface area contributed by atoms with Crippen molar-refractivity contribution in [2.75, 3.05) is 6.54 Å². The largest absolute Gasteiger partial charge is 0.309 e. The maximum Gasteiger partial charge on any atom is 0.0890 e. The Labute approximate surface area is 142 Å². The number of nitrogens with zero attached hydrogens (tertiary/aromatic N) is 2. The first kappa shape index (κ1) is 15.2. The lowest BCUT2D eigenvalue weighted by molar-refractivity contribution is 0.304. The molecule has 0 radical (unpaired) electrons. The Balaban J connectivity index is 1.48. The zero-order chi connectivity index (χ0) is 16.2. The predicted molar refractivity (Wildman–Crippen MR) is 96.6 cm³/mol. The summed E-state index contributed by atoms with van der Waals surface area (Å²) in [6, 6.07) is 19.5. The van der Waals surface area contributed by atoms with E-state index in [1.807, 2.05) is 30.5 Å². The SMILES string of the molecule is c1ccc(C2NCCCC2NCc2cnc3ccccc3n2)cc1. The molecule has 0 amide bonds. The molecule has 4 nitrogen and oxygen atoms in total. The molecule has 4 heteroatoms. The van der Waals surface area contributed by atoms with Crippen LogP contribution in [0.3, 0.4) is 0 Å². The highest BCUT2D eigenvalue weighted by Gasteiger charge is 2.25. The van der Waals surface area contributed by atoms with E-state index < -0.39 is 0 Å². The van der Waals surface area contributed by atoms with E-state index in [4.69, 9.17) is 4.98 Å². The second kappa shape index (κ2) is 7.07. The maximum absolute atomic E-state index is 4.71. The van der Waals surface area contributed by atoms with E-state index in [9.17, 15) is 0 Å². The maximum atomic E-state index is 4.71. The van der Waals surface area contributed by atoms with Gasteiger partial charge in [-0.05, 0) is 37.1 Å². The molecule has 1 fully saturated rings. The van der Waals surface area contributed by atoms with E-state index >= 15 is 0 Å². The Hall–Kier alpha value is -2.30. The molecule has 1 aliphatic rings. The van der Waals surface area contributed by atoms with Gasteiger partial charge in [0.15, 0.2) is 0 Å². The van der Waals surface area contributed by atoms with Crippen LogP contribution in [0.5, 0.6) is 0 Å². The van der Waals surface area contributed by atoms with Gasteiger partial charge in [-0.25, -0.2) is 4.98 Å². The van der Waals surface area contributed by atoms with Crippen molar-refractivity contribution in [3.05, 3.63) is 72.1 Å². The van der Waals surface area contributed by atoms with Crippen molar-refractivity contribution in [1.82, 2.24) is 20.6 Å².